The molecule has 1 atom stereocenters. The summed E-state index contributed by atoms with van der Waals surface area (Å²) in [6.45, 7) is 7.50. The Balaban J connectivity index is 2.49. The third-order valence-electron chi connectivity index (χ3n) is 2.47. The van der Waals surface area contributed by atoms with E-state index in [4.69, 9.17) is 4.74 Å². The van der Waals surface area contributed by atoms with E-state index in [9.17, 15) is 9.18 Å². The zero-order valence-electron chi connectivity index (χ0n) is 9.13. The van der Waals surface area contributed by atoms with Crippen molar-refractivity contribution in [2.45, 2.75) is 40.2 Å². The largest absolute Gasteiger partial charge is 0.458 e. The molecule has 0 heterocycles. The number of hydrogen-bond acceptors (Lipinski definition) is 2. The lowest BCUT2D eigenvalue weighted by Gasteiger charge is -2.05. The predicted molar refractivity (Wildman–Crippen MR) is 52.3 cm³/mol. The lowest BCUT2D eigenvalue weighted by molar-refractivity contribution is -0.144. The molecule has 3 heteroatoms. The first-order chi connectivity index (χ1) is 6.33. The van der Waals surface area contributed by atoms with Crippen LogP contribution < -0.4 is 0 Å². The highest BCUT2D eigenvalue weighted by atomic mass is 19.1. The molecule has 0 spiro atoms. The van der Waals surface area contributed by atoms with Gasteiger partial charge in [-0.05, 0) is 37.7 Å². The van der Waals surface area contributed by atoms with E-state index >= 15 is 0 Å². The minimum Gasteiger partial charge on any atom is -0.458 e. The lowest BCUT2D eigenvalue weighted by atomic mass is 10.1. The van der Waals surface area contributed by atoms with E-state index < -0.39 is 11.8 Å². The molecule has 0 aromatic rings. The number of allylic oxidation sites excluding steroid dienone is 1. The van der Waals surface area contributed by atoms with Crippen molar-refractivity contribution in [1.82, 2.24) is 0 Å². The number of carbonyl (C=O) groups is 1. The normalized spacial score (nSPS) is 25.0. The Bertz CT molecular complexity index is 266. The summed E-state index contributed by atoms with van der Waals surface area (Å²) >= 11 is 0. The molecular formula is C11H17FO2. The van der Waals surface area contributed by atoms with Gasteiger partial charge in [0, 0.05) is 0 Å². The minimum atomic E-state index is -0.845. The van der Waals surface area contributed by atoms with Crippen LogP contribution >= 0.6 is 0 Å². The topological polar surface area (TPSA) is 26.3 Å². The Kier molecular flexibility index (Phi) is 2.98. The fourth-order valence-corrected chi connectivity index (χ4v) is 1.31. The summed E-state index contributed by atoms with van der Waals surface area (Å²) < 4.78 is 17.9. The molecule has 0 amide bonds. The van der Waals surface area contributed by atoms with E-state index in [-0.39, 0.29) is 17.4 Å². The van der Waals surface area contributed by atoms with Gasteiger partial charge in [0.25, 0.3) is 0 Å². The van der Waals surface area contributed by atoms with Gasteiger partial charge < -0.3 is 4.74 Å². The van der Waals surface area contributed by atoms with Gasteiger partial charge in [0.15, 0.2) is 0 Å². The minimum absolute atomic E-state index is 0.148. The standard InChI is InChI=1S/C11H17FO2/c1-7(2)14-10(13)9(12)5-8-6-11(8,3)4/h5,7-8H,6H2,1-4H3. The van der Waals surface area contributed by atoms with Crippen LogP contribution in [0.5, 0.6) is 0 Å². The maximum absolute atomic E-state index is 13.2. The lowest BCUT2D eigenvalue weighted by Crippen LogP contribution is -2.11. The molecule has 1 rings (SSSR count). The third-order valence-corrected chi connectivity index (χ3v) is 2.47. The van der Waals surface area contributed by atoms with Gasteiger partial charge in [-0.1, -0.05) is 13.8 Å². The molecule has 80 valence electrons. The Morgan fingerprint density at radius 2 is 2.07 bits per heavy atom. The van der Waals surface area contributed by atoms with Gasteiger partial charge >= 0.3 is 5.97 Å². The summed E-state index contributed by atoms with van der Waals surface area (Å²) in [5.41, 5.74) is 0.148. The van der Waals surface area contributed by atoms with Gasteiger partial charge in [0.05, 0.1) is 6.10 Å². The van der Waals surface area contributed by atoms with E-state index in [1.54, 1.807) is 13.8 Å². The van der Waals surface area contributed by atoms with Crippen LogP contribution in [0.4, 0.5) is 4.39 Å². The zero-order valence-corrected chi connectivity index (χ0v) is 9.13. The van der Waals surface area contributed by atoms with Crippen LogP contribution in [-0.4, -0.2) is 12.1 Å². The van der Waals surface area contributed by atoms with Gasteiger partial charge in [-0.15, -0.1) is 0 Å². The van der Waals surface area contributed by atoms with Gasteiger partial charge in [-0.25, -0.2) is 4.79 Å². The van der Waals surface area contributed by atoms with Crippen LogP contribution in [-0.2, 0) is 9.53 Å². The third kappa shape index (κ3) is 2.82. The van der Waals surface area contributed by atoms with E-state index in [0.717, 1.165) is 6.42 Å². The van der Waals surface area contributed by atoms with Crippen molar-refractivity contribution in [1.29, 1.82) is 0 Å². The first-order valence-electron chi connectivity index (χ1n) is 4.91. The molecule has 0 saturated heterocycles. The maximum Gasteiger partial charge on any atom is 0.367 e. The molecule has 1 aliphatic carbocycles. The number of hydrogen-bond donors (Lipinski definition) is 0. The quantitative estimate of drug-likeness (QED) is 0.517. The maximum atomic E-state index is 13.2. The summed E-state index contributed by atoms with van der Waals surface area (Å²) in [4.78, 5) is 11.1. The SMILES string of the molecule is CC(C)OC(=O)C(F)=CC1CC1(C)C. The summed E-state index contributed by atoms with van der Waals surface area (Å²) in [6, 6.07) is 0. The van der Waals surface area contributed by atoms with Crippen LogP contribution in [0.25, 0.3) is 0 Å². The molecule has 1 fully saturated rings. The molecule has 1 aliphatic rings. The molecule has 0 bridgehead atoms. The molecule has 0 aliphatic heterocycles. The second-order valence-corrected chi connectivity index (χ2v) is 4.77. The summed E-state index contributed by atoms with van der Waals surface area (Å²) in [5.74, 6) is -1.42. The zero-order chi connectivity index (χ0) is 10.9. The van der Waals surface area contributed by atoms with Crippen LogP contribution in [0, 0.1) is 11.3 Å². The summed E-state index contributed by atoms with van der Waals surface area (Å²) in [6.07, 6.45) is 2.05. The van der Waals surface area contributed by atoms with Crippen molar-refractivity contribution in [3.05, 3.63) is 11.9 Å². The number of carbonyl (C=O) groups excluding carboxylic acids is 1. The Morgan fingerprint density at radius 3 is 2.43 bits per heavy atom. The number of halogens is 1. The molecule has 0 aromatic heterocycles. The van der Waals surface area contributed by atoms with E-state index in [0.29, 0.717) is 0 Å². The summed E-state index contributed by atoms with van der Waals surface area (Å²) in [7, 11) is 0. The van der Waals surface area contributed by atoms with Crippen molar-refractivity contribution in [2.24, 2.45) is 11.3 Å². The predicted octanol–water partition coefficient (Wildman–Crippen LogP) is 2.84. The molecule has 0 radical (unpaired) electrons. The fraction of sp³-hybridized carbons (Fsp3) is 0.727. The Hall–Kier alpha value is -0.860. The van der Waals surface area contributed by atoms with E-state index in [1.165, 1.54) is 6.08 Å². The number of rotatable bonds is 3. The molecule has 1 saturated carbocycles. The van der Waals surface area contributed by atoms with Crippen molar-refractivity contribution in [3.8, 4) is 0 Å². The van der Waals surface area contributed by atoms with Crippen molar-refractivity contribution >= 4 is 5.97 Å². The Morgan fingerprint density at radius 1 is 1.57 bits per heavy atom. The average Bonchev–Trinajstić information content (AvgIpc) is 2.56. The van der Waals surface area contributed by atoms with Gasteiger partial charge in [0.1, 0.15) is 0 Å². The smallest absolute Gasteiger partial charge is 0.367 e. The second-order valence-electron chi connectivity index (χ2n) is 4.77. The molecule has 1 unspecified atom stereocenters. The monoisotopic (exact) mass is 200 g/mol. The van der Waals surface area contributed by atoms with Crippen molar-refractivity contribution < 1.29 is 13.9 Å². The van der Waals surface area contributed by atoms with Crippen LogP contribution in [0.1, 0.15) is 34.1 Å². The number of ether oxygens (including phenoxy) is 1. The van der Waals surface area contributed by atoms with Gasteiger partial charge in [-0.2, -0.15) is 4.39 Å². The average molecular weight is 200 g/mol. The Labute approximate surface area is 84.1 Å². The van der Waals surface area contributed by atoms with E-state index in [2.05, 4.69) is 13.8 Å². The first-order valence-corrected chi connectivity index (χ1v) is 4.91. The highest BCUT2D eigenvalue weighted by molar-refractivity contribution is 5.86. The molecular weight excluding hydrogens is 183 g/mol. The highest BCUT2D eigenvalue weighted by Crippen LogP contribution is 2.52. The molecule has 0 aromatic carbocycles. The highest BCUT2D eigenvalue weighted by Gasteiger charge is 2.44. The van der Waals surface area contributed by atoms with Crippen molar-refractivity contribution in [3.63, 3.8) is 0 Å². The molecule has 2 nitrogen and oxygen atoms in total. The summed E-state index contributed by atoms with van der Waals surface area (Å²) in [5, 5.41) is 0. The molecule has 14 heavy (non-hydrogen) atoms. The van der Waals surface area contributed by atoms with Crippen LogP contribution in [0.3, 0.4) is 0 Å². The van der Waals surface area contributed by atoms with E-state index in [1.807, 2.05) is 0 Å². The van der Waals surface area contributed by atoms with Gasteiger partial charge in [0.2, 0.25) is 5.83 Å². The second kappa shape index (κ2) is 3.71. The molecule has 0 N–H and O–H groups in total. The van der Waals surface area contributed by atoms with Crippen molar-refractivity contribution in [2.75, 3.05) is 0 Å². The van der Waals surface area contributed by atoms with Crippen LogP contribution in [0.15, 0.2) is 11.9 Å². The van der Waals surface area contributed by atoms with Crippen LogP contribution in [0.2, 0.25) is 0 Å². The first kappa shape index (κ1) is 11.2. The van der Waals surface area contributed by atoms with Gasteiger partial charge in [-0.3, -0.25) is 0 Å². The fourth-order valence-electron chi connectivity index (χ4n) is 1.31. The number of esters is 1.